The summed E-state index contributed by atoms with van der Waals surface area (Å²) >= 11 is 0.971. The number of benzene rings is 2. The molecule has 1 fully saturated rings. The molecule has 0 spiro atoms. The highest BCUT2D eigenvalue weighted by Gasteiger charge is 2.41. The quantitative estimate of drug-likeness (QED) is 0.912. The zero-order valence-corrected chi connectivity index (χ0v) is 14.5. The number of anilines is 2. The minimum atomic E-state index is -0.671. The topological polar surface area (TPSA) is 58.6 Å². The molecule has 0 radical (unpaired) electrons. The smallest absolute Gasteiger partial charge is 0.295 e. The van der Waals surface area contributed by atoms with E-state index < -0.39 is 5.37 Å². The molecule has 1 saturated heterocycles. The molecule has 1 heterocycles. The number of methoxy groups -OCH3 is 1. The number of amides is 2. The first-order valence-corrected chi connectivity index (χ1v) is 8.40. The van der Waals surface area contributed by atoms with Gasteiger partial charge in [0, 0.05) is 0 Å². The number of para-hydroxylation sites is 2. The molecule has 24 heavy (non-hydrogen) atoms. The number of imide groups is 1. The van der Waals surface area contributed by atoms with Gasteiger partial charge in [-0.1, -0.05) is 18.2 Å². The van der Waals surface area contributed by atoms with E-state index in [0.29, 0.717) is 17.1 Å². The first kappa shape index (κ1) is 16.4. The molecule has 124 valence electrons. The number of ether oxygens (including phenoxy) is 1. The highest BCUT2D eigenvalue weighted by atomic mass is 32.2. The molecule has 1 N–H and O–H groups in total. The Morgan fingerprint density at radius 2 is 1.83 bits per heavy atom. The van der Waals surface area contributed by atoms with Crippen molar-refractivity contribution in [3.05, 3.63) is 53.6 Å². The van der Waals surface area contributed by atoms with Crippen LogP contribution in [-0.4, -0.2) is 23.6 Å². The number of hydrogen-bond acceptors (Lipinski definition) is 5. The van der Waals surface area contributed by atoms with E-state index in [9.17, 15) is 9.59 Å². The van der Waals surface area contributed by atoms with E-state index in [1.807, 2.05) is 44.2 Å². The fourth-order valence-corrected chi connectivity index (χ4v) is 3.40. The summed E-state index contributed by atoms with van der Waals surface area (Å²) in [6.07, 6.45) is 0. The Bertz CT molecular complexity index is 807. The Hall–Kier alpha value is -2.47. The Kier molecular flexibility index (Phi) is 4.49. The SMILES string of the molecule is COc1ccccc1N[C@@H]1SC(=O)N(c2ccc(C)c(C)c2)C1=O. The maximum atomic E-state index is 12.7. The molecule has 0 aliphatic carbocycles. The van der Waals surface area contributed by atoms with Crippen molar-refractivity contribution in [2.75, 3.05) is 17.3 Å². The minimum Gasteiger partial charge on any atom is -0.495 e. The molecule has 0 aromatic heterocycles. The first-order chi connectivity index (χ1) is 11.5. The third-order valence-electron chi connectivity index (χ3n) is 3.99. The zero-order chi connectivity index (χ0) is 17.3. The van der Waals surface area contributed by atoms with Crippen molar-refractivity contribution < 1.29 is 14.3 Å². The van der Waals surface area contributed by atoms with Gasteiger partial charge in [-0.05, 0) is 61.0 Å². The van der Waals surface area contributed by atoms with Crippen LogP contribution in [0.3, 0.4) is 0 Å². The third kappa shape index (κ3) is 2.97. The van der Waals surface area contributed by atoms with Crippen LogP contribution in [0.1, 0.15) is 11.1 Å². The lowest BCUT2D eigenvalue weighted by molar-refractivity contribution is -0.116. The minimum absolute atomic E-state index is 0.279. The van der Waals surface area contributed by atoms with Gasteiger partial charge < -0.3 is 10.1 Å². The van der Waals surface area contributed by atoms with Gasteiger partial charge in [0.05, 0.1) is 18.5 Å². The van der Waals surface area contributed by atoms with Crippen LogP contribution in [0, 0.1) is 13.8 Å². The number of hydrogen-bond donors (Lipinski definition) is 1. The van der Waals surface area contributed by atoms with E-state index in [-0.39, 0.29) is 11.1 Å². The van der Waals surface area contributed by atoms with Crippen molar-refractivity contribution in [3.63, 3.8) is 0 Å². The van der Waals surface area contributed by atoms with E-state index in [1.165, 1.54) is 4.90 Å². The van der Waals surface area contributed by atoms with Gasteiger partial charge >= 0.3 is 0 Å². The number of carbonyl (C=O) groups excluding carboxylic acids is 2. The number of thioether (sulfide) groups is 1. The van der Waals surface area contributed by atoms with E-state index in [2.05, 4.69) is 5.32 Å². The molecule has 0 saturated carbocycles. The van der Waals surface area contributed by atoms with Gasteiger partial charge in [0.25, 0.3) is 11.1 Å². The summed E-state index contributed by atoms with van der Waals surface area (Å²) in [6, 6.07) is 12.9. The van der Waals surface area contributed by atoms with Crippen molar-refractivity contribution in [2.45, 2.75) is 19.2 Å². The number of rotatable bonds is 4. The maximum Gasteiger partial charge on any atom is 0.295 e. The summed E-state index contributed by atoms with van der Waals surface area (Å²) in [4.78, 5) is 26.3. The monoisotopic (exact) mass is 342 g/mol. The van der Waals surface area contributed by atoms with Crippen molar-refractivity contribution in [1.82, 2.24) is 0 Å². The van der Waals surface area contributed by atoms with Crippen molar-refractivity contribution in [2.24, 2.45) is 0 Å². The number of nitrogens with one attached hydrogen (secondary N) is 1. The maximum absolute atomic E-state index is 12.7. The molecular formula is C18H18N2O3S. The molecule has 2 aromatic carbocycles. The van der Waals surface area contributed by atoms with E-state index in [4.69, 9.17) is 4.74 Å². The molecule has 2 aromatic rings. The summed E-state index contributed by atoms with van der Waals surface area (Å²) in [7, 11) is 1.57. The lowest BCUT2D eigenvalue weighted by Crippen LogP contribution is -2.34. The molecule has 1 aliphatic heterocycles. The van der Waals surface area contributed by atoms with Crippen LogP contribution >= 0.6 is 11.8 Å². The fraction of sp³-hybridized carbons (Fsp3) is 0.222. The molecule has 0 unspecified atom stereocenters. The average molecular weight is 342 g/mol. The Labute approximate surface area is 145 Å². The molecular weight excluding hydrogens is 324 g/mol. The summed E-state index contributed by atoms with van der Waals surface area (Å²) in [5.74, 6) is 0.349. The van der Waals surface area contributed by atoms with Crippen LogP contribution in [-0.2, 0) is 4.79 Å². The second-order valence-corrected chi connectivity index (χ2v) is 6.61. The zero-order valence-electron chi connectivity index (χ0n) is 13.7. The van der Waals surface area contributed by atoms with Crippen molar-refractivity contribution >= 4 is 34.3 Å². The predicted octanol–water partition coefficient (Wildman–Crippen LogP) is 3.95. The molecule has 2 amide bonds. The van der Waals surface area contributed by atoms with Crippen LogP contribution in [0.5, 0.6) is 5.75 Å². The van der Waals surface area contributed by atoms with Gasteiger partial charge in [-0.25, -0.2) is 4.90 Å². The fourth-order valence-electron chi connectivity index (χ4n) is 2.50. The van der Waals surface area contributed by atoms with Crippen molar-refractivity contribution in [1.29, 1.82) is 0 Å². The predicted molar refractivity (Wildman–Crippen MR) is 96.8 cm³/mol. The lowest BCUT2D eigenvalue weighted by atomic mass is 10.1. The lowest BCUT2D eigenvalue weighted by Gasteiger charge is -2.17. The highest BCUT2D eigenvalue weighted by Crippen LogP contribution is 2.35. The average Bonchev–Trinajstić information content (AvgIpc) is 2.85. The molecule has 1 atom stereocenters. The van der Waals surface area contributed by atoms with Gasteiger partial charge in [0.2, 0.25) is 0 Å². The summed E-state index contributed by atoms with van der Waals surface area (Å²) in [5, 5.41) is 2.14. The van der Waals surface area contributed by atoms with Crippen molar-refractivity contribution in [3.8, 4) is 5.75 Å². The van der Waals surface area contributed by atoms with Gasteiger partial charge in [0.1, 0.15) is 5.75 Å². The molecule has 0 bridgehead atoms. The first-order valence-electron chi connectivity index (χ1n) is 7.52. The van der Waals surface area contributed by atoms with E-state index in [0.717, 1.165) is 22.9 Å². The number of aryl methyl sites for hydroxylation is 2. The molecule has 3 rings (SSSR count). The number of nitrogens with zero attached hydrogens (tertiary/aromatic N) is 1. The summed E-state index contributed by atoms with van der Waals surface area (Å²) < 4.78 is 5.28. The largest absolute Gasteiger partial charge is 0.495 e. The third-order valence-corrected chi connectivity index (χ3v) is 4.93. The van der Waals surface area contributed by atoms with Crippen LogP contribution in [0.4, 0.5) is 16.2 Å². The normalized spacial score (nSPS) is 17.3. The Morgan fingerprint density at radius 1 is 1.08 bits per heavy atom. The van der Waals surface area contributed by atoms with Crippen LogP contribution < -0.4 is 15.0 Å². The van der Waals surface area contributed by atoms with Gasteiger partial charge in [-0.2, -0.15) is 0 Å². The van der Waals surface area contributed by atoms with Crippen LogP contribution in [0.15, 0.2) is 42.5 Å². The summed E-state index contributed by atoms with van der Waals surface area (Å²) in [5.41, 5.74) is 3.44. The van der Waals surface area contributed by atoms with E-state index in [1.54, 1.807) is 19.2 Å². The van der Waals surface area contributed by atoms with Gasteiger partial charge in [-0.15, -0.1) is 0 Å². The van der Waals surface area contributed by atoms with Gasteiger partial charge in [-0.3, -0.25) is 9.59 Å². The van der Waals surface area contributed by atoms with E-state index >= 15 is 0 Å². The highest BCUT2D eigenvalue weighted by molar-refractivity contribution is 8.16. The Balaban J connectivity index is 1.85. The Morgan fingerprint density at radius 3 is 2.54 bits per heavy atom. The summed E-state index contributed by atoms with van der Waals surface area (Å²) in [6.45, 7) is 3.95. The van der Waals surface area contributed by atoms with Crippen LogP contribution in [0.25, 0.3) is 0 Å². The second-order valence-electron chi connectivity index (χ2n) is 5.55. The second kappa shape index (κ2) is 6.57. The molecule has 5 nitrogen and oxygen atoms in total. The van der Waals surface area contributed by atoms with Gasteiger partial charge in [0.15, 0.2) is 5.37 Å². The molecule has 1 aliphatic rings. The molecule has 6 heteroatoms. The standard InChI is InChI=1S/C18H18N2O3S/c1-11-8-9-13(10-12(11)2)20-17(21)16(24-18(20)22)19-14-6-4-5-7-15(14)23-3/h4-10,16,19H,1-3H3/t16-/m1/s1. The number of carbonyl (C=O) groups is 2. The van der Waals surface area contributed by atoms with Crippen LogP contribution in [0.2, 0.25) is 0 Å².